The van der Waals surface area contributed by atoms with Crippen molar-refractivity contribution in [2.45, 2.75) is 26.2 Å². The van der Waals surface area contributed by atoms with Gasteiger partial charge in [-0.3, -0.25) is 0 Å². The van der Waals surface area contributed by atoms with Crippen molar-refractivity contribution in [3.63, 3.8) is 0 Å². The topological polar surface area (TPSA) is 28.2 Å². The number of aromatic nitrogens is 1. The first kappa shape index (κ1) is 10.9. The molecule has 0 bridgehead atoms. The molecule has 0 unspecified atom stereocenters. The van der Waals surface area contributed by atoms with Crippen molar-refractivity contribution in [1.82, 2.24) is 9.88 Å². The molecule has 1 aromatic heterocycles. The van der Waals surface area contributed by atoms with E-state index in [1.807, 2.05) is 6.92 Å². The van der Waals surface area contributed by atoms with Crippen LogP contribution in [0.1, 0.15) is 25.0 Å². The molecule has 0 aliphatic carbocycles. The average Bonchev–Trinajstić information content (AvgIpc) is 2.66. The highest BCUT2D eigenvalue weighted by atomic mass is 32.1. The number of rotatable bonds is 4. The van der Waals surface area contributed by atoms with Crippen LogP contribution in [0.5, 0.6) is 0 Å². The third-order valence-electron chi connectivity index (χ3n) is 2.77. The maximum atomic E-state index is 4.38. The summed E-state index contributed by atoms with van der Waals surface area (Å²) in [4.78, 5) is 6.92. The van der Waals surface area contributed by atoms with Crippen molar-refractivity contribution in [2.24, 2.45) is 0 Å². The predicted molar refractivity (Wildman–Crippen MR) is 65.6 cm³/mol. The molecule has 1 N–H and O–H groups in total. The Morgan fingerprint density at radius 2 is 2.20 bits per heavy atom. The predicted octanol–water partition coefficient (Wildman–Crippen LogP) is 2.35. The van der Waals surface area contributed by atoms with Gasteiger partial charge < -0.3 is 10.2 Å². The summed E-state index contributed by atoms with van der Waals surface area (Å²) < 4.78 is 0. The van der Waals surface area contributed by atoms with E-state index >= 15 is 0 Å². The molecule has 3 nitrogen and oxygen atoms in total. The first-order valence-electron chi connectivity index (χ1n) is 5.73. The quantitative estimate of drug-likeness (QED) is 0.852. The Kier molecular flexibility index (Phi) is 3.97. The van der Waals surface area contributed by atoms with Gasteiger partial charge in [-0.1, -0.05) is 6.42 Å². The number of hydrogen-bond acceptors (Lipinski definition) is 4. The second kappa shape index (κ2) is 5.47. The van der Waals surface area contributed by atoms with Crippen LogP contribution in [0.3, 0.4) is 0 Å². The van der Waals surface area contributed by atoms with E-state index in [9.17, 15) is 0 Å². The molecule has 1 saturated heterocycles. The Balaban J connectivity index is 1.65. The number of thiazole rings is 1. The Morgan fingerprint density at radius 1 is 1.40 bits per heavy atom. The molecule has 0 aromatic carbocycles. The van der Waals surface area contributed by atoms with Crippen molar-refractivity contribution in [3.05, 3.63) is 11.1 Å². The maximum absolute atomic E-state index is 4.38. The van der Waals surface area contributed by atoms with Crippen LogP contribution in [0.2, 0.25) is 0 Å². The van der Waals surface area contributed by atoms with Crippen LogP contribution < -0.4 is 5.32 Å². The van der Waals surface area contributed by atoms with Crippen LogP contribution in [0, 0.1) is 6.92 Å². The monoisotopic (exact) mass is 225 g/mol. The van der Waals surface area contributed by atoms with Crippen molar-refractivity contribution in [2.75, 3.05) is 31.5 Å². The molecule has 2 rings (SSSR count). The van der Waals surface area contributed by atoms with E-state index in [1.54, 1.807) is 11.3 Å². The van der Waals surface area contributed by atoms with Gasteiger partial charge in [-0.2, -0.15) is 0 Å². The molecule has 1 aromatic rings. The third-order valence-corrected chi connectivity index (χ3v) is 3.69. The zero-order valence-corrected chi connectivity index (χ0v) is 10.1. The van der Waals surface area contributed by atoms with E-state index in [4.69, 9.17) is 0 Å². The van der Waals surface area contributed by atoms with Crippen LogP contribution in [-0.4, -0.2) is 36.1 Å². The van der Waals surface area contributed by atoms with Gasteiger partial charge in [0.25, 0.3) is 0 Å². The van der Waals surface area contributed by atoms with Crippen LogP contribution in [0.15, 0.2) is 5.38 Å². The minimum absolute atomic E-state index is 1.02. The SMILES string of the molecule is Cc1csc(NCCN2CCCCC2)n1. The van der Waals surface area contributed by atoms with Crippen LogP contribution in [0.25, 0.3) is 0 Å². The van der Waals surface area contributed by atoms with Gasteiger partial charge in [0.1, 0.15) is 0 Å². The molecule has 0 saturated carbocycles. The molecule has 0 spiro atoms. The van der Waals surface area contributed by atoms with Gasteiger partial charge in [-0.25, -0.2) is 4.98 Å². The number of aryl methyl sites for hydroxylation is 1. The molecule has 0 amide bonds. The molecule has 1 aliphatic heterocycles. The van der Waals surface area contributed by atoms with Gasteiger partial charge in [0.2, 0.25) is 0 Å². The molecule has 1 fully saturated rings. The van der Waals surface area contributed by atoms with E-state index in [1.165, 1.54) is 32.4 Å². The summed E-state index contributed by atoms with van der Waals surface area (Å²) in [5, 5.41) is 6.52. The van der Waals surface area contributed by atoms with Gasteiger partial charge in [-0.05, 0) is 32.9 Å². The Hall–Kier alpha value is -0.610. The molecule has 0 atom stereocenters. The van der Waals surface area contributed by atoms with Crippen molar-refractivity contribution >= 4 is 16.5 Å². The van der Waals surface area contributed by atoms with Gasteiger partial charge in [0, 0.05) is 18.5 Å². The number of piperidine rings is 1. The van der Waals surface area contributed by atoms with Crippen LogP contribution in [-0.2, 0) is 0 Å². The average molecular weight is 225 g/mol. The molecule has 1 aliphatic rings. The highest BCUT2D eigenvalue weighted by Gasteiger charge is 2.09. The molecular weight excluding hydrogens is 206 g/mol. The number of hydrogen-bond donors (Lipinski definition) is 1. The molecule has 84 valence electrons. The summed E-state index contributed by atoms with van der Waals surface area (Å²) in [6, 6.07) is 0. The first-order chi connectivity index (χ1) is 7.34. The zero-order chi connectivity index (χ0) is 10.5. The lowest BCUT2D eigenvalue weighted by Crippen LogP contribution is -2.33. The van der Waals surface area contributed by atoms with Crippen molar-refractivity contribution < 1.29 is 0 Å². The lowest BCUT2D eigenvalue weighted by Gasteiger charge is -2.26. The molecule has 2 heterocycles. The van der Waals surface area contributed by atoms with Crippen molar-refractivity contribution in [1.29, 1.82) is 0 Å². The summed E-state index contributed by atoms with van der Waals surface area (Å²) in [5.74, 6) is 0. The van der Waals surface area contributed by atoms with E-state index in [0.29, 0.717) is 0 Å². The number of likely N-dealkylation sites (tertiary alicyclic amines) is 1. The minimum Gasteiger partial charge on any atom is -0.360 e. The van der Waals surface area contributed by atoms with E-state index < -0.39 is 0 Å². The van der Waals surface area contributed by atoms with Gasteiger partial charge in [-0.15, -0.1) is 11.3 Å². The summed E-state index contributed by atoms with van der Waals surface area (Å²) in [6.45, 7) is 6.76. The maximum Gasteiger partial charge on any atom is 0.182 e. The molecule has 0 radical (unpaired) electrons. The summed E-state index contributed by atoms with van der Waals surface area (Å²) in [5.41, 5.74) is 1.11. The fourth-order valence-corrected chi connectivity index (χ4v) is 2.66. The molecular formula is C11H19N3S. The van der Waals surface area contributed by atoms with E-state index in [-0.39, 0.29) is 0 Å². The van der Waals surface area contributed by atoms with Gasteiger partial charge in [0.05, 0.1) is 5.69 Å². The molecule has 15 heavy (non-hydrogen) atoms. The third kappa shape index (κ3) is 3.47. The van der Waals surface area contributed by atoms with Gasteiger partial charge >= 0.3 is 0 Å². The van der Waals surface area contributed by atoms with Gasteiger partial charge in [0.15, 0.2) is 5.13 Å². The number of anilines is 1. The fourth-order valence-electron chi connectivity index (χ4n) is 1.94. The largest absolute Gasteiger partial charge is 0.360 e. The molecule has 4 heteroatoms. The standard InChI is InChI=1S/C11H19N3S/c1-10-9-15-11(13-10)12-5-8-14-6-3-2-4-7-14/h9H,2-8H2,1H3,(H,12,13). The normalized spacial score (nSPS) is 17.9. The summed E-state index contributed by atoms with van der Waals surface area (Å²) in [6.07, 6.45) is 4.16. The summed E-state index contributed by atoms with van der Waals surface area (Å²) in [7, 11) is 0. The lowest BCUT2D eigenvalue weighted by atomic mass is 10.1. The smallest absolute Gasteiger partial charge is 0.182 e. The second-order valence-electron chi connectivity index (χ2n) is 4.12. The van der Waals surface area contributed by atoms with Crippen LogP contribution >= 0.6 is 11.3 Å². The number of nitrogens with one attached hydrogen (secondary N) is 1. The lowest BCUT2D eigenvalue weighted by molar-refractivity contribution is 0.237. The first-order valence-corrected chi connectivity index (χ1v) is 6.61. The Bertz CT molecular complexity index is 292. The van der Waals surface area contributed by atoms with E-state index in [2.05, 4.69) is 20.6 Å². The highest BCUT2D eigenvalue weighted by Crippen LogP contribution is 2.14. The number of nitrogens with zero attached hydrogens (tertiary/aromatic N) is 2. The summed E-state index contributed by atoms with van der Waals surface area (Å²) >= 11 is 1.70. The Morgan fingerprint density at radius 3 is 2.87 bits per heavy atom. The highest BCUT2D eigenvalue weighted by molar-refractivity contribution is 7.13. The second-order valence-corrected chi connectivity index (χ2v) is 4.98. The minimum atomic E-state index is 1.02. The van der Waals surface area contributed by atoms with E-state index in [0.717, 1.165) is 23.9 Å². The van der Waals surface area contributed by atoms with Crippen molar-refractivity contribution in [3.8, 4) is 0 Å². The zero-order valence-electron chi connectivity index (χ0n) is 9.33. The Labute approximate surface area is 95.5 Å². The van der Waals surface area contributed by atoms with Crippen LogP contribution in [0.4, 0.5) is 5.13 Å². The fraction of sp³-hybridized carbons (Fsp3) is 0.727.